The highest BCUT2D eigenvalue weighted by Crippen LogP contribution is 2.32. The zero-order valence-electron chi connectivity index (χ0n) is 21.8. The fraction of sp³-hybridized carbons (Fsp3) is 0.233. The van der Waals surface area contributed by atoms with Crippen LogP contribution in [0, 0.1) is 5.92 Å². The van der Waals surface area contributed by atoms with Gasteiger partial charge in [-0.1, -0.05) is 25.3 Å². The van der Waals surface area contributed by atoms with Gasteiger partial charge in [-0.05, 0) is 43.0 Å². The van der Waals surface area contributed by atoms with Crippen molar-refractivity contribution in [3.8, 4) is 33.8 Å². The summed E-state index contributed by atoms with van der Waals surface area (Å²) in [5.74, 6) is 1.13. The van der Waals surface area contributed by atoms with E-state index in [4.69, 9.17) is 4.98 Å². The zero-order chi connectivity index (χ0) is 26.9. The second-order valence-corrected chi connectivity index (χ2v) is 10.3. The Kier molecular flexibility index (Phi) is 6.19. The maximum absolute atomic E-state index is 12.7. The molecule has 7 rings (SSSR count). The topological polar surface area (TPSA) is 138 Å². The molecule has 3 N–H and O–H groups in total. The Hall–Kier alpha value is -4.99. The van der Waals surface area contributed by atoms with Gasteiger partial charge in [-0.2, -0.15) is 5.10 Å². The van der Waals surface area contributed by atoms with Crippen LogP contribution in [0.1, 0.15) is 38.5 Å². The summed E-state index contributed by atoms with van der Waals surface area (Å²) in [5.41, 5.74) is 7.03. The summed E-state index contributed by atoms with van der Waals surface area (Å²) in [6.07, 6.45) is 17.1. The normalized spacial score (nSPS) is 14.1. The van der Waals surface area contributed by atoms with Crippen LogP contribution in [0.5, 0.6) is 0 Å². The van der Waals surface area contributed by atoms with E-state index in [0.717, 1.165) is 46.0 Å². The van der Waals surface area contributed by atoms with E-state index >= 15 is 0 Å². The number of carbonyl (C=O) groups excluding carboxylic acids is 1. The lowest BCUT2D eigenvalue weighted by Crippen LogP contribution is -2.18. The van der Waals surface area contributed by atoms with Crippen LogP contribution in [0.3, 0.4) is 0 Å². The summed E-state index contributed by atoms with van der Waals surface area (Å²) >= 11 is 0. The monoisotopic (exact) mass is 529 g/mol. The van der Waals surface area contributed by atoms with E-state index in [1.165, 1.54) is 19.3 Å². The summed E-state index contributed by atoms with van der Waals surface area (Å²) in [6.45, 7) is 0. The highest BCUT2D eigenvalue weighted by atomic mass is 16.1. The minimum Gasteiger partial charge on any atom is -0.335 e. The van der Waals surface area contributed by atoms with Crippen LogP contribution in [0.25, 0.3) is 56.0 Å². The van der Waals surface area contributed by atoms with Gasteiger partial charge in [-0.3, -0.25) is 19.9 Å². The number of hydrogen-bond acceptors (Lipinski definition) is 7. The van der Waals surface area contributed by atoms with Crippen LogP contribution >= 0.6 is 0 Å². The number of rotatable bonds is 6. The third-order valence-corrected chi connectivity index (χ3v) is 7.57. The molecule has 6 aromatic rings. The van der Waals surface area contributed by atoms with Crippen LogP contribution in [0.15, 0.2) is 67.5 Å². The number of imidazole rings is 1. The van der Waals surface area contributed by atoms with E-state index in [-0.39, 0.29) is 5.91 Å². The molecule has 1 saturated carbocycles. The summed E-state index contributed by atoms with van der Waals surface area (Å²) in [5, 5.41) is 11.3. The highest BCUT2D eigenvalue weighted by Gasteiger charge is 2.19. The van der Waals surface area contributed by atoms with Crippen molar-refractivity contribution >= 4 is 33.8 Å². The Bertz CT molecular complexity index is 1820. The number of H-pyrrole nitrogens is 2. The lowest BCUT2D eigenvalue weighted by Gasteiger charge is -2.20. The summed E-state index contributed by atoms with van der Waals surface area (Å²) in [7, 11) is 0. The third kappa shape index (κ3) is 4.68. The SMILES string of the molecule is O=C(CC1CCCCC1)Nc1cncc(-c2cnc3n[nH]c(-c4nc5nccc(-c6cccnc6)c5[nH]4)c3c2)c1. The minimum absolute atomic E-state index is 0.0423. The van der Waals surface area contributed by atoms with Gasteiger partial charge in [0.1, 0.15) is 5.69 Å². The molecule has 40 heavy (non-hydrogen) atoms. The molecule has 6 aromatic heterocycles. The molecule has 0 aromatic carbocycles. The second kappa shape index (κ2) is 10.3. The lowest BCUT2D eigenvalue weighted by molar-refractivity contribution is -0.117. The van der Waals surface area contributed by atoms with Gasteiger partial charge in [0.2, 0.25) is 5.91 Å². The van der Waals surface area contributed by atoms with Crippen molar-refractivity contribution in [3.63, 3.8) is 0 Å². The molecule has 0 aliphatic heterocycles. The first-order valence-corrected chi connectivity index (χ1v) is 13.6. The molecule has 6 heterocycles. The Morgan fingerprint density at radius 2 is 1.77 bits per heavy atom. The molecule has 10 nitrogen and oxygen atoms in total. The molecule has 1 amide bonds. The quantitative estimate of drug-likeness (QED) is 0.243. The number of aromatic amines is 2. The maximum Gasteiger partial charge on any atom is 0.224 e. The number of pyridine rings is 4. The van der Waals surface area contributed by atoms with Gasteiger partial charge in [0.25, 0.3) is 0 Å². The van der Waals surface area contributed by atoms with Crippen LogP contribution in [0.4, 0.5) is 5.69 Å². The first-order valence-electron chi connectivity index (χ1n) is 13.6. The molecule has 0 unspecified atom stereocenters. The van der Waals surface area contributed by atoms with Crippen LogP contribution in [-0.4, -0.2) is 46.0 Å². The van der Waals surface area contributed by atoms with E-state index in [0.29, 0.717) is 40.8 Å². The van der Waals surface area contributed by atoms with Crippen molar-refractivity contribution < 1.29 is 4.79 Å². The molecule has 0 saturated heterocycles. The number of amides is 1. The summed E-state index contributed by atoms with van der Waals surface area (Å²) in [6, 6.07) is 9.79. The van der Waals surface area contributed by atoms with Gasteiger partial charge in [0, 0.05) is 59.7 Å². The van der Waals surface area contributed by atoms with Crippen molar-refractivity contribution in [2.75, 3.05) is 5.32 Å². The number of fused-ring (bicyclic) bond motifs is 2. The predicted molar refractivity (Wildman–Crippen MR) is 153 cm³/mol. The molecule has 0 radical (unpaired) electrons. The minimum atomic E-state index is 0.0423. The molecule has 1 fully saturated rings. The van der Waals surface area contributed by atoms with Crippen molar-refractivity contribution in [1.82, 2.24) is 40.1 Å². The van der Waals surface area contributed by atoms with E-state index < -0.39 is 0 Å². The Balaban J connectivity index is 1.19. The summed E-state index contributed by atoms with van der Waals surface area (Å²) in [4.78, 5) is 38.5. The Morgan fingerprint density at radius 3 is 2.65 bits per heavy atom. The molecule has 0 spiro atoms. The van der Waals surface area contributed by atoms with Gasteiger partial charge < -0.3 is 10.3 Å². The van der Waals surface area contributed by atoms with Crippen LogP contribution in [0.2, 0.25) is 0 Å². The first-order chi connectivity index (χ1) is 19.7. The number of carbonyl (C=O) groups is 1. The molecule has 0 atom stereocenters. The maximum atomic E-state index is 12.7. The molecule has 1 aliphatic rings. The molecule has 198 valence electrons. The van der Waals surface area contributed by atoms with Gasteiger partial charge in [-0.15, -0.1) is 0 Å². The van der Waals surface area contributed by atoms with Crippen molar-refractivity contribution in [2.24, 2.45) is 5.92 Å². The number of nitrogens with zero attached hydrogens (tertiary/aromatic N) is 6. The predicted octanol–water partition coefficient (Wildman–Crippen LogP) is 5.93. The molecular weight excluding hydrogens is 502 g/mol. The van der Waals surface area contributed by atoms with E-state index in [1.807, 2.05) is 36.5 Å². The smallest absolute Gasteiger partial charge is 0.224 e. The average Bonchev–Trinajstić information content (AvgIpc) is 3.62. The van der Waals surface area contributed by atoms with Gasteiger partial charge in [-0.25, -0.2) is 15.0 Å². The van der Waals surface area contributed by atoms with Crippen molar-refractivity contribution in [3.05, 3.63) is 67.5 Å². The third-order valence-electron chi connectivity index (χ3n) is 7.57. The molecule has 1 aliphatic carbocycles. The molecule has 10 heteroatoms. The van der Waals surface area contributed by atoms with Crippen molar-refractivity contribution in [1.29, 1.82) is 0 Å². The average molecular weight is 530 g/mol. The molecular formula is C30H27N9O. The van der Waals surface area contributed by atoms with Crippen LogP contribution in [-0.2, 0) is 4.79 Å². The number of aromatic nitrogens is 8. The first kappa shape index (κ1) is 24.1. The molecule has 0 bridgehead atoms. The van der Waals surface area contributed by atoms with Crippen molar-refractivity contribution in [2.45, 2.75) is 38.5 Å². The lowest BCUT2D eigenvalue weighted by atomic mass is 9.87. The van der Waals surface area contributed by atoms with E-state index in [2.05, 4.69) is 40.4 Å². The Morgan fingerprint density at radius 1 is 0.900 bits per heavy atom. The number of hydrogen-bond donors (Lipinski definition) is 3. The standard InChI is InChI=1S/C30H27N9O/c40-25(11-18-5-2-1-3-6-18)35-22-12-20(15-32-17-22)21-13-24-27(38-39-28(24)34-16-21)30-36-26-23(8-10-33-29(26)37-30)19-7-4-9-31-14-19/h4,7-10,12-18H,1-3,5-6,11H2,(H,35,40)(H,33,36,37)(H,34,38,39). The van der Waals surface area contributed by atoms with Crippen LogP contribution < -0.4 is 5.32 Å². The number of nitrogens with one attached hydrogen (secondary N) is 3. The highest BCUT2D eigenvalue weighted by molar-refractivity contribution is 5.96. The van der Waals surface area contributed by atoms with Gasteiger partial charge in [0.15, 0.2) is 17.1 Å². The van der Waals surface area contributed by atoms with E-state index in [1.54, 1.807) is 31.0 Å². The largest absolute Gasteiger partial charge is 0.335 e. The van der Waals surface area contributed by atoms with Gasteiger partial charge in [0.05, 0.1) is 22.8 Å². The fourth-order valence-electron chi connectivity index (χ4n) is 5.56. The fourth-order valence-corrected chi connectivity index (χ4v) is 5.56. The zero-order valence-corrected chi connectivity index (χ0v) is 21.8. The second-order valence-electron chi connectivity index (χ2n) is 10.3. The van der Waals surface area contributed by atoms with E-state index in [9.17, 15) is 4.79 Å². The van der Waals surface area contributed by atoms with Gasteiger partial charge >= 0.3 is 0 Å². The Labute approximate surface area is 229 Å². The summed E-state index contributed by atoms with van der Waals surface area (Å²) < 4.78 is 0. The number of anilines is 1.